The summed E-state index contributed by atoms with van der Waals surface area (Å²) >= 11 is 0. The Kier molecular flexibility index (Phi) is 3.86. The summed E-state index contributed by atoms with van der Waals surface area (Å²) in [6.07, 6.45) is 1.08. The van der Waals surface area contributed by atoms with Crippen LogP contribution in [0.25, 0.3) is 0 Å². The van der Waals surface area contributed by atoms with Gasteiger partial charge in [-0.15, -0.1) is 0 Å². The first-order valence-corrected chi connectivity index (χ1v) is 7.80. The van der Waals surface area contributed by atoms with Crippen LogP contribution in [0.2, 0.25) is 0 Å². The van der Waals surface area contributed by atoms with E-state index in [1.54, 1.807) is 0 Å². The van der Waals surface area contributed by atoms with Crippen molar-refractivity contribution in [1.82, 2.24) is 0 Å². The largest absolute Gasteiger partial charge is 0.507 e. The number of hydrogen-bond donors (Lipinski definition) is 3. The van der Waals surface area contributed by atoms with Gasteiger partial charge < -0.3 is 15.5 Å². The van der Waals surface area contributed by atoms with Crippen LogP contribution in [0.5, 0.6) is 11.5 Å². The molecule has 0 heterocycles. The van der Waals surface area contributed by atoms with Crippen molar-refractivity contribution in [3.8, 4) is 11.5 Å². The zero-order chi connectivity index (χ0) is 15.6. The zero-order valence-electron chi connectivity index (χ0n) is 11.1. The minimum atomic E-state index is -3.31. The lowest BCUT2D eigenvalue weighted by Crippen LogP contribution is -2.12. The summed E-state index contributed by atoms with van der Waals surface area (Å²) in [5.74, 6) is -1.39. The second kappa shape index (κ2) is 5.45. The molecular formula is C14H13NO5S. The third-order valence-electron chi connectivity index (χ3n) is 2.79. The average molecular weight is 307 g/mol. The average Bonchev–Trinajstić information content (AvgIpc) is 2.38. The third-order valence-corrected chi connectivity index (χ3v) is 3.92. The van der Waals surface area contributed by atoms with Crippen LogP contribution in [-0.2, 0) is 9.84 Å². The molecule has 0 bridgehead atoms. The predicted molar refractivity (Wildman–Crippen MR) is 77.3 cm³/mol. The highest BCUT2D eigenvalue weighted by Crippen LogP contribution is 2.27. The molecule has 2 aromatic rings. The molecule has 0 unspecified atom stereocenters. The Morgan fingerprint density at radius 3 is 2.00 bits per heavy atom. The number of carbonyl (C=O) groups is 1. The fourth-order valence-corrected chi connectivity index (χ4v) is 2.37. The van der Waals surface area contributed by atoms with Gasteiger partial charge in [0.05, 0.1) is 4.90 Å². The summed E-state index contributed by atoms with van der Waals surface area (Å²) in [6.45, 7) is 0. The molecule has 0 spiro atoms. The lowest BCUT2D eigenvalue weighted by Gasteiger charge is -2.08. The van der Waals surface area contributed by atoms with Gasteiger partial charge in [0.25, 0.3) is 5.91 Å². The topological polar surface area (TPSA) is 104 Å². The van der Waals surface area contributed by atoms with Gasteiger partial charge in [-0.1, -0.05) is 6.07 Å². The number of phenolic OH excluding ortho intramolecular Hbond substituents is 2. The Labute approximate surface area is 121 Å². The SMILES string of the molecule is CS(=O)(=O)c1ccc(NC(=O)c2c(O)cccc2O)cc1. The minimum absolute atomic E-state index is 0.130. The first kappa shape index (κ1) is 14.9. The van der Waals surface area contributed by atoms with Crippen LogP contribution >= 0.6 is 0 Å². The van der Waals surface area contributed by atoms with E-state index in [1.807, 2.05) is 0 Å². The first-order chi connectivity index (χ1) is 9.79. The van der Waals surface area contributed by atoms with Gasteiger partial charge in [0.2, 0.25) is 0 Å². The molecule has 0 radical (unpaired) electrons. The van der Waals surface area contributed by atoms with Crippen molar-refractivity contribution in [3.63, 3.8) is 0 Å². The Bertz CT molecular complexity index is 761. The van der Waals surface area contributed by atoms with Crippen molar-refractivity contribution in [2.75, 3.05) is 11.6 Å². The third kappa shape index (κ3) is 3.32. The van der Waals surface area contributed by atoms with Gasteiger partial charge in [-0.2, -0.15) is 0 Å². The smallest absolute Gasteiger partial charge is 0.263 e. The van der Waals surface area contributed by atoms with E-state index in [4.69, 9.17) is 0 Å². The summed E-state index contributed by atoms with van der Waals surface area (Å²) in [5.41, 5.74) is 0.0970. The maximum atomic E-state index is 12.0. The molecule has 7 heteroatoms. The summed E-state index contributed by atoms with van der Waals surface area (Å²) in [4.78, 5) is 12.1. The molecule has 21 heavy (non-hydrogen) atoms. The van der Waals surface area contributed by atoms with E-state index >= 15 is 0 Å². The lowest BCUT2D eigenvalue weighted by atomic mass is 10.1. The number of hydrogen-bond acceptors (Lipinski definition) is 5. The van der Waals surface area contributed by atoms with Crippen LogP contribution in [0, 0.1) is 0 Å². The van der Waals surface area contributed by atoms with Crippen molar-refractivity contribution in [2.24, 2.45) is 0 Å². The summed E-state index contributed by atoms with van der Waals surface area (Å²) < 4.78 is 22.6. The van der Waals surface area contributed by atoms with E-state index < -0.39 is 15.7 Å². The van der Waals surface area contributed by atoms with E-state index in [1.165, 1.54) is 42.5 Å². The number of phenols is 2. The predicted octanol–water partition coefficient (Wildman–Crippen LogP) is 1.75. The van der Waals surface area contributed by atoms with Gasteiger partial charge in [-0.05, 0) is 36.4 Å². The summed E-state index contributed by atoms with van der Waals surface area (Å²) in [6, 6.07) is 9.52. The van der Waals surface area contributed by atoms with Gasteiger partial charge in [-0.25, -0.2) is 8.42 Å². The highest BCUT2D eigenvalue weighted by Gasteiger charge is 2.16. The Hall–Kier alpha value is -2.54. The van der Waals surface area contributed by atoms with Gasteiger partial charge >= 0.3 is 0 Å². The molecule has 2 rings (SSSR count). The van der Waals surface area contributed by atoms with Crippen molar-refractivity contribution >= 4 is 21.4 Å². The fraction of sp³-hybridized carbons (Fsp3) is 0.0714. The van der Waals surface area contributed by atoms with Crippen molar-refractivity contribution in [2.45, 2.75) is 4.90 Å². The van der Waals surface area contributed by atoms with Crippen LogP contribution in [0.1, 0.15) is 10.4 Å². The first-order valence-electron chi connectivity index (χ1n) is 5.91. The molecule has 0 aromatic heterocycles. The number of benzene rings is 2. The van der Waals surface area contributed by atoms with Crippen LogP contribution in [-0.4, -0.2) is 30.8 Å². The normalized spacial score (nSPS) is 11.1. The number of nitrogens with one attached hydrogen (secondary N) is 1. The standard InChI is InChI=1S/C14H13NO5S/c1-21(19,20)10-7-5-9(6-8-10)15-14(18)13-11(16)3-2-4-12(13)17/h2-8,16-17H,1H3,(H,15,18). The highest BCUT2D eigenvalue weighted by atomic mass is 32.2. The van der Waals surface area contributed by atoms with E-state index in [0.29, 0.717) is 5.69 Å². The number of aromatic hydroxyl groups is 2. The maximum Gasteiger partial charge on any atom is 0.263 e. The van der Waals surface area contributed by atoms with Crippen LogP contribution in [0.15, 0.2) is 47.4 Å². The molecule has 0 fully saturated rings. The molecule has 0 atom stereocenters. The quantitative estimate of drug-likeness (QED) is 0.801. The summed E-state index contributed by atoms with van der Waals surface area (Å²) in [5, 5.41) is 21.6. The number of sulfone groups is 1. The van der Waals surface area contributed by atoms with Gasteiger partial charge in [0, 0.05) is 11.9 Å². The second-order valence-corrected chi connectivity index (χ2v) is 6.44. The van der Waals surface area contributed by atoms with Crippen LogP contribution in [0.3, 0.4) is 0 Å². The van der Waals surface area contributed by atoms with Crippen LogP contribution < -0.4 is 5.32 Å². The van der Waals surface area contributed by atoms with Crippen molar-refractivity contribution in [3.05, 3.63) is 48.0 Å². The van der Waals surface area contributed by atoms with E-state index in [2.05, 4.69) is 5.32 Å². The Morgan fingerprint density at radius 1 is 1.00 bits per heavy atom. The molecule has 1 amide bonds. The number of rotatable bonds is 3. The van der Waals surface area contributed by atoms with Crippen molar-refractivity contribution < 1.29 is 23.4 Å². The molecule has 0 aliphatic carbocycles. The second-order valence-electron chi connectivity index (χ2n) is 4.42. The number of carbonyl (C=O) groups excluding carboxylic acids is 1. The van der Waals surface area contributed by atoms with Gasteiger partial charge in [0.1, 0.15) is 17.1 Å². The Morgan fingerprint density at radius 2 is 1.52 bits per heavy atom. The lowest BCUT2D eigenvalue weighted by molar-refractivity contribution is 0.102. The van der Waals surface area contributed by atoms with E-state index in [0.717, 1.165) is 6.26 Å². The molecule has 6 nitrogen and oxygen atoms in total. The molecule has 0 saturated heterocycles. The fourth-order valence-electron chi connectivity index (χ4n) is 1.74. The molecule has 0 aliphatic rings. The van der Waals surface area contributed by atoms with Gasteiger partial charge in [-0.3, -0.25) is 4.79 Å². The molecule has 0 saturated carbocycles. The van der Waals surface area contributed by atoms with E-state index in [-0.39, 0.29) is 22.0 Å². The molecular weight excluding hydrogens is 294 g/mol. The molecule has 2 aromatic carbocycles. The molecule has 0 aliphatic heterocycles. The monoisotopic (exact) mass is 307 g/mol. The van der Waals surface area contributed by atoms with E-state index in [9.17, 15) is 23.4 Å². The zero-order valence-corrected chi connectivity index (χ0v) is 11.9. The van der Waals surface area contributed by atoms with Crippen molar-refractivity contribution in [1.29, 1.82) is 0 Å². The van der Waals surface area contributed by atoms with Gasteiger partial charge in [0.15, 0.2) is 9.84 Å². The number of anilines is 1. The maximum absolute atomic E-state index is 12.0. The Balaban J connectivity index is 2.24. The summed E-state index contributed by atoms with van der Waals surface area (Å²) in [7, 11) is -3.31. The minimum Gasteiger partial charge on any atom is -0.507 e. The number of amides is 1. The molecule has 3 N–H and O–H groups in total. The molecule has 110 valence electrons. The van der Waals surface area contributed by atoms with Crippen LogP contribution in [0.4, 0.5) is 5.69 Å². The highest BCUT2D eigenvalue weighted by molar-refractivity contribution is 7.90.